The summed E-state index contributed by atoms with van der Waals surface area (Å²) in [5.74, 6) is 0. The molecule has 5 nitrogen and oxygen atoms in total. The first-order valence-corrected chi connectivity index (χ1v) is 4.47. The molecule has 100 valence electrons. The lowest BCUT2D eigenvalue weighted by Crippen LogP contribution is -2.72. The van der Waals surface area contributed by atoms with Gasteiger partial charge in [0.25, 0.3) is 0 Å². The van der Waals surface area contributed by atoms with E-state index in [4.69, 9.17) is 0 Å². The number of halogens is 5. The minimum atomic E-state index is -5.56. The molecule has 1 fully saturated rings. The van der Waals surface area contributed by atoms with E-state index in [9.17, 15) is 32.1 Å². The van der Waals surface area contributed by atoms with E-state index in [1.54, 1.807) is 0 Å². The monoisotopic (exact) mass is 265 g/mol. The van der Waals surface area contributed by atoms with E-state index in [2.05, 4.69) is 9.47 Å². The summed E-state index contributed by atoms with van der Waals surface area (Å²) in [6, 6.07) is -5.25. The van der Waals surface area contributed by atoms with E-state index < -0.39 is 35.5 Å². The number of rotatable bonds is 4. The summed E-state index contributed by atoms with van der Waals surface area (Å²) >= 11 is 0. The number of hydrogen-bond donors (Lipinski definition) is 0. The van der Waals surface area contributed by atoms with Crippen molar-refractivity contribution in [1.82, 2.24) is 0 Å². The van der Waals surface area contributed by atoms with Gasteiger partial charge in [0, 0.05) is 6.61 Å². The van der Waals surface area contributed by atoms with Crippen molar-refractivity contribution < 1.29 is 36.3 Å². The Morgan fingerprint density at radius 1 is 1.47 bits per heavy atom. The predicted octanol–water partition coefficient (Wildman–Crippen LogP) is 1.94. The summed E-state index contributed by atoms with van der Waals surface area (Å²) in [6.45, 7) is 1.37. The lowest BCUT2D eigenvalue weighted by atomic mass is 9.90. The van der Waals surface area contributed by atoms with Gasteiger partial charge in [-0.3, -0.25) is 10.1 Å². The number of nitrogens with zero attached hydrogens (tertiary/aromatic N) is 1. The fraction of sp³-hybridized carbons (Fsp3) is 1.00. The minimum absolute atomic E-state index is 0.0529. The molecule has 1 heterocycles. The third kappa shape index (κ3) is 1.95. The van der Waals surface area contributed by atoms with Gasteiger partial charge in [0.05, 0.1) is 11.3 Å². The Hall–Kier alpha value is -1.03. The molecule has 0 aromatic heterocycles. The molecule has 0 bridgehead atoms. The van der Waals surface area contributed by atoms with Crippen LogP contribution in [0.1, 0.15) is 13.3 Å². The molecule has 2 atom stereocenters. The van der Waals surface area contributed by atoms with Crippen molar-refractivity contribution in [2.45, 2.75) is 37.5 Å². The summed E-state index contributed by atoms with van der Waals surface area (Å²) in [6.07, 6.45) is -8.37. The van der Waals surface area contributed by atoms with Crippen LogP contribution in [0.2, 0.25) is 0 Å². The standard InChI is InChI=1S/C7H8F5NO4/c1-2-16-4-3-5(17-4,6(8,9)10)7(11,12)13(14)15/h4H,2-3H2,1H3. The van der Waals surface area contributed by atoms with Crippen LogP contribution in [0.5, 0.6) is 0 Å². The Labute approximate surface area is 91.6 Å². The number of ether oxygens (including phenoxy) is 2. The fourth-order valence-corrected chi connectivity index (χ4v) is 1.42. The zero-order valence-corrected chi connectivity index (χ0v) is 8.46. The Morgan fingerprint density at radius 2 is 1.94 bits per heavy atom. The fourth-order valence-electron chi connectivity index (χ4n) is 1.42. The Balaban J connectivity index is 2.97. The molecule has 17 heavy (non-hydrogen) atoms. The highest BCUT2D eigenvalue weighted by Crippen LogP contribution is 2.54. The molecule has 0 saturated carbocycles. The van der Waals surface area contributed by atoms with Crippen molar-refractivity contribution in [3.05, 3.63) is 10.1 Å². The summed E-state index contributed by atoms with van der Waals surface area (Å²) in [5, 5.41) is 10.0. The van der Waals surface area contributed by atoms with Gasteiger partial charge in [-0.25, -0.2) is 0 Å². The van der Waals surface area contributed by atoms with E-state index in [1.807, 2.05) is 0 Å². The highest BCUT2D eigenvalue weighted by molar-refractivity contribution is 5.02. The Morgan fingerprint density at radius 3 is 2.24 bits per heavy atom. The molecule has 0 aromatic rings. The van der Waals surface area contributed by atoms with Gasteiger partial charge in [-0.05, 0) is 6.92 Å². The molecule has 1 aliphatic heterocycles. The molecule has 0 spiro atoms. The lowest BCUT2D eigenvalue weighted by Gasteiger charge is -2.46. The van der Waals surface area contributed by atoms with Crippen molar-refractivity contribution in [3.63, 3.8) is 0 Å². The summed E-state index contributed by atoms with van der Waals surface area (Å²) in [4.78, 5) is 7.70. The smallest absolute Gasteiger partial charge is 0.353 e. The van der Waals surface area contributed by atoms with Crippen molar-refractivity contribution in [3.8, 4) is 0 Å². The largest absolute Gasteiger partial charge is 0.549 e. The molecule has 2 unspecified atom stereocenters. The van der Waals surface area contributed by atoms with Crippen LogP contribution in [0.15, 0.2) is 0 Å². The molecule has 10 heteroatoms. The van der Waals surface area contributed by atoms with Gasteiger partial charge < -0.3 is 9.47 Å². The first-order chi connectivity index (χ1) is 7.58. The molecule has 0 amide bonds. The highest BCUT2D eigenvalue weighted by Gasteiger charge is 2.84. The van der Waals surface area contributed by atoms with Crippen LogP contribution in [0.25, 0.3) is 0 Å². The quantitative estimate of drug-likeness (QED) is 0.337. The number of hydrogen-bond acceptors (Lipinski definition) is 4. The molecule has 1 saturated heterocycles. The molecular formula is C7H8F5NO4. The second-order valence-electron chi connectivity index (χ2n) is 3.33. The van der Waals surface area contributed by atoms with Gasteiger partial charge in [0.1, 0.15) is 0 Å². The number of alkyl halides is 5. The third-order valence-corrected chi connectivity index (χ3v) is 2.31. The van der Waals surface area contributed by atoms with Gasteiger partial charge in [0.15, 0.2) is 6.29 Å². The summed E-state index contributed by atoms with van der Waals surface area (Å²) in [5.41, 5.74) is -4.11. The zero-order chi connectivity index (χ0) is 13.5. The summed E-state index contributed by atoms with van der Waals surface area (Å²) < 4.78 is 71.7. The molecule has 0 N–H and O–H groups in total. The normalized spacial score (nSPS) is 29.9. The van der Waals surface area contributed by atoms with Gasteiger partial charge in [-0.15, -0.1) is 8.78 Å². The van der Waals surface area contributed by atoms with E-state index >= 15 is 0 Å². The van der Waals surface area contributed by atoms with Crippen LogP contribution in [0, 0.1) is 10.1 Å². The lowest BCUT2D eigenvalue weighted by molar-refractivity contribution is -0.698. The number of nitro groups is 1. The average molecular weight is 265 g/mol. The van der Waals surface area contributed by atoms with E-state index in [0.717, 1.165) is 0 Å². The summed E-state index contributed by atoms with van der Waals surface area (Å²) in [7, 11) is 0. The molecular weight excluding hydrogens is 257 g/mol. The minimum Gasteiger partial charge on any atom is -0.353 e. The van der Waals surface area contributed by atoms with Crippen LogP contribution in [-0.4, -0.2) is 35.6 Å². The first-order valence-electron chi connectivity index (χ1n) is 4.47. The van der Waals surface area contributed by atoms with E-state index in [-0.39, 0.29) is 6.61 Å². The first kappa shape index (κ1) is 14.0. The maximum Gasteiger partial charge on any atom is 0.549 e. The van der Waals surface area contributed by atoms with Gasteiger partial charge >= 0.3 is 17.8 Å². The van der Waals surface area contributed by atoms with Crippen molar-refractivity contribution >= 4 is 0 Å². The van der Waals surface area contributed by atoms with Crippen molar-refractivity contribution in [2.24, 2.45) is 0 Å². The van der Waals surface area contributed by atoms with Crippen LogP contribution < -0.4 is 0 Å². The maximum absolute atomic E-state index is 13.0. The Kier molecular flexibility index (Phi) is 3.32. The van der Waals surface area contributed by atoms with Crippen LogP contribution in [0.4, 0.5) is 22.0 Å². The topological polar surface area (TPSA) is 61.6 Å². The second kappa shape index (κ2) is 4.02. The predicted molar refractivity (Wildman–Crippen MR) is 41.8 cm³/mol. The molecule has 0 aliphatic carbocycles. The van der Waals surface area contributed by atoms with Crippen molar-refractivity contribution in [2.75, 3.05) is 6.61 Å². The van der Waals surface area contributed by atoms with Crippen LogP contribution >= 0.6 is 0 Å². The third-order valence-electron chi connectivity index (χ3n) is 2.31. The second-order valence-corrected chi connectivity index (χ2v) is 3.33. The highest BCUT2D eigenvalue weighted by atomic mass is 19.4. The maximum atomic E-state index is 13.0. The molecule has 1 aliphatic rings. The Bertz CT molecular complexity index is 312. The average Bonchev–Trinajstić information content (AvgIpc) is 2.07. The SMILES string of the molecule is CCOC1CC(C(F)(F)F)(C(F)(F)[N+](=O)[O-])O1. The van der Waals surface area contributed by atoms with Crippen molar-refractivity contribution in [1.29, 1.82) is 0 Å². The zero-order valence-electron chi connectivity index (χ0n) is 8.46. The van der Waals surface area contributed by atoms with Crippen LogP contribution in [-0.2, 0) is 9.47 Å². The van der Waals surface area contributed by atoms with Crippen LogP contribution in [0.3, 0.4) is 0 Å². The van der Waals surface area contributed by atoms with Gasteiger partial charge in [-0.2, -0.15) is 13.2 Å². The molecule has 0 radical (unpaired) electrons. The van der Waals surface area contributed by atoms with E-state index in [1.165, 1.54) is 6.92 Å². The van der Waals surface area contributed by atoms with Gasteiger partial charge in [-0.1, -0.05) is 0 Å². The van der Waals surface area contributed by atoms with Gasteiger partial charge in [0.2, 0.25) is 0 Å². The molecule has 1 rings (SSSR count). The van der Waals surface area contributed by atoms with E-state index in [0.29, 0.717) is 0 Å². The molecule has 0 aromatic carbocycles.